The third kappa shape index (κ3) is 3.45. The molecule has 1 aliphatic carbocycles. The highest BCUT2D eigenvalue weighted by Crippen LogP contribution is 2.51. The first-order valence-corrected chi connectivity index (χ1v) is 10.5. The standard InChI is InChI=1S/C25H23N3O4.2H2/c1-15-10-22(27-13-19(15)16-4-3-5-17(11-16)23(29)26-2)28-24(30)25(8-9-25)18-6-7-20-21(12-18)32-14-31-20;;/h3-7,10-13H,8-9,14H2,1-2H3,(H,26,29)(H,27,28,30);2*1H. The van der Waals surface area contributed by atoms with E-state index in [0.717, 1.165) is 35.1 Å². The summed E-state index contributed by atoms with van der Waals surface area (Å²) in [6.45, 7) is 2.17. The number of amides is 2. The summed E-state index contributed by atoms with van der Waals surface area (Å²) in [5.41, 5.74) is 3.72. The summed E-state index contributed by atoms with van der Waals surface area (Å²) in [4.78, 5) is 29.6. The number of hydrogen-bond acceptors (Lipinski definition) is 5. The number of anilines is 1. The van der Waals surface area contributed by atoms with Gasteiger partial charge in [0.1, 0.15) is 5.82 Å². The fourth-order valence-corrected chi connectivity index (χ4v) is 4.10. The lowest BCUT2D eigenvalue weighted by molar-refractivity contribution is -0.118. The maximum Gasteiger partial charge on any atom is 0.251 e. The first-order valence-electron chi connectivity index (χ1n) is 10.5. The van der Waals surface area contributed by atoms with E-state index >= 15 is 0 Å². The fraction of sp³-hybridized carbons (Fsp3) is 0.240. The van der Waals surface area contributed by atoms with Gasteiger partial charge in [0.25, 0.3) is 5.91 Å². The topological polar surface area (TPSA) is 89.6 Å². The zero-order valence-corrected chi connectivity index (χ0v) is 17.9. The number of hydrogen-bond donors (Lipinski definition) is 2. The Morgan fingerprint density at radius 2 is 1.88 bits per heavy atom. The quantitative estimate of drug-likeness (QED) is 0.626. The summed E-state index contributed by atoms with van der Waals surface area (Å²) in [7, 11) is 1.61. The van der Waals surface area contributed by atoms with E-state index in [2.05, 4.69) is 15.6 Å². The van der Waals surface area contributed by atoms with Crippen LogP contribution in [0.25, 0.3) is 11.1 Å². The molecule has 2 aromatic carbocycles. The lowest BCUT2D eigenvalue weighted by atomic mass is 9.94. The molecule has 1 fully saturated rings. The van der Waals surface area contributed by atoms with Crippen LogP contribution in [-0.2, 0) is 10.2 Å². The van der Waals surface area contributed by atoms with Gasteiger partial charge in [-0.25, -0.2) is 4.98 Å². The van der Waals surface area contributed by atoms with Gasteiger partial charge in [-0.2, -0.15) is 0 Å². The first-order chi connectivity index (χ1) is 15.5. The Hall–Kier alpha value is -3.87. The van der Waals surface area contributed by atoms with Gasteiger partial charge in [0.2, 0.25) is 12.7 Å². The van der Waals surface area contributed by atoms with Crippen molar-refractivity contribution in [3.8, 4) is 22.6 Å². The molecule has 1 saturated carbocycles. The molecular weight excluding hydrogens is 406 g/mol. The molecule has 32 heavy (non-hydrogen) atoms. The van der Waals surface area contributed by atoms with Crippen molar-refractivity contribution < 1.29 is 21.9 Å². The van der Waals surface area contributed by atoms with Gasteiger partial charge in [0, 0.05) is 27.2 Å². The number of carbonyl (C=O) groups excluding carboxylic acids is 2. The van der Waals surface area contributed by atoms with Crippen molar-refractivity contribution in [1.82, 2.24) is 10.3 Å². The van der Waals surface area contributed by atoms with Gasteiger partial charge in [-0.1, -0.05) is 18.2 Å². The Balaban J connectivity index is 0.00000162. The smallest absolute Gasteiger partial charge is 0.251 e. The Bertz CT molecular complexity index is 1240. The molecular formula is C25H27N3O4. The fourth-order valence-electron chi connectivity index (χ4n) is 4.10. The largest absolute Gasteiger partial charge is 0.454 e. The van der Waals surface area contributed by atoms with Gasteiger partial charge >= 0.3 is 0 Å². The summed E-state index contributed by atoms with van der Waals surface area (Å²) in [6, 6.07) is 14.9. The second-order valence-corrected chi connectivity index (χ2v) is 8.15. The summed E-state index contributed by atoms with van der Waals surface area (Å²) in [5.74, 6) is 1.68. The minimum Gasteiger partial charge on any atom is -0.454 e. The van der Waals surface area contributed by atoms with Crippen LogP contribution in [0.4, 0.5) is 5.82 Å². The highest BCUT2D eigenvalue weighted by Gasteiger charge is 2.51. The molecule has 0 unspecified atom stereocenters. The second kappa shape index (κ2) is 7.67. The Morgan fingerprint density at radius 1 is 1.06 bits per heavy atom. The van der Waals surface area contributed by atoms with Crippen LogP contribution in [0, 0.1) is 6.92 Å². The molecule has 0 saturated heterocycles. The zero-order chi connectivity index (χ0) is 22.3. The summed E-state index contributed by atoms with van der Waals surface area (Å²) < 4.78 is 10.8. The molecule has 2 aliphatic rings. The lowest BCUT2D eigenvalue weighted by Gasteiger charge is -2.17. The normalized spacial score (nSPS) is 15.2. The maximum absolute atomic E-state index is 13.1. The van der Waals surface area contributed by atoms with Crippen LogP contribution in [0.1, 0.15) is 37.2 Å². The molecule has 1 aliphatic heterocycles. The Kier molecular flexibility index (Phi) is 4.81. The van der Waals surface area contributed by atoms with Crippen LogP contribution >= 0.6 is 0 Å². The highest BCUT2D eigenvalue weighted by molar-refractivity contribution is 6.01. The zero-order valence-electron chi connectivity index (χ0n) is 17.9. The van der Waals surface area contributed by atoms with E-state index in [1.165, 1.54) is 0 Å². The average Bonchev–Trinajstić information content (AvgIpc) is 3.49. The van der Waals surface area contributed by atoms with Crippen LogP contribution in [0.5, 0.6) is 11.5 Å². The van der Waals surface area contributed by atoms with Gasteiger partial charge in [-0.15, -0.1) is 0 Å². The number of nitrogens with one attached hydrogen (secondary N) is 2. The molecule has 0 atom stereocenters. The van der Waals surface area contributed by atoms with Crippen molar-refractivity contribution in [3.05, 3.63) is 71.4 Å². The van der Waals surface area contributed by atoms with Gasteiger partial charge < -0.3 is 20.1 Å². The van der Waals surface area contributed by atoms with E-state index in [0.29, 0.717) is 22.9 Å². The van der Waals surface area contributed by atoms with Crippen molar-refractivity contribution >= 4 is 17.6 Å². The molecule has 7 heteroatoms. The summed E-state index contributed by atoms with van der Waals surface area (Å²) >= 11 is 0. The van der Waals surface area contributed by atoms with E-state index in [1.54, 1.807) is 19.3 Å². The third-order valence-corrected chi connectivity index (χ3v) is 6.13. The predicted octanol–water partition coefficient (Wildman–Crippen LogP) is 4.31. The molecule has 7 nitrogen and oxygen atoms in total. The monoisotopic (exact) mass is 433 g/mol. The number of ether oxygens (including phenoxy) is 2. The number of nitrogens with zero attached hydrogens (tertiary/aromatic N) is 1. The van der Waals surface area contributed by atoms with E-state index in [4.69, 9.17) is 9.47 Å². The first kappa shape index (κ1) is 20.1. The summed E-state index contributed by atoms with van der Waals surface area (Å²) in [6.07, 6.45) is 3.29. The number of carbonyl (C=O) groups is 2. The molecule has 3 aromatic rings. The molecule has 1 aromatic heterocycles. The average molecular weight is 434 g/mol. The molecule has 0 radical (unpaired) electrons. The Labute approximate surface area is 188 Å². The minimum absolute atomic E-state index is 0. The van der Waals surface area contributed by atoms with Crippen molar-refractivity contribution in [2.45, 2.75) is 25.2 Å². The molecule has 5 rings (SSSR count). The van der Waals surface area contributed by atoms with Crippen LogP contribution < -0.4 is 20.1 Å². The third-order valence-electron chi connectivity index (χ3n) is 6.13. The molecule has 166 valence electrons. The molecule has 0 spiro atoms. The Morgan fingerprint density at radius 3 is 2.62 bits per heavy atom. The maximum atomic E-state index is 13.1. The van der Waals surface area contributed by atoms with Crippen LogP contribution in [0.2, 0.25) is 0 Å². The minimum atomic E-state index is -0.558. The number of pyridine rings is 1. The molecule has 2 N–H and O–H groups in total. The van der Waals surface area contributed by atoms with Crippen LogP contribution in [0.3, 0.4) is 0 Å². The van der Waals surface area contributed by atoms with Crippen LogP contribution in [0.15, 0.2) is 54.7 Å². The van der Waals surface area contributed by atoms with Crippen molar-refractivity contribution in [1.29, 1.82) is 0 Å². The van der Waals surface area contributed by atoms with Gasteiger partial charge in [0.15, 0.2) is 11.5 Å². The summed E-state index contributed by atoms with van der Waals surface area (Å²) in [5, 5.41) is 5.62. The van der Waals surface area contributed by atoms with Gasteiger partial charge in [0.05, 0.1) is 5.41 Å². The molecule has 0 bridgehead atoms. The highest BCUT2D eigenvalue weighted by atomic mass is 16.7. The number of aromatic nitrogens is 1. The molecule has 2 heterocycles. The number of benzene rings is 2. The number of aryl methyl sites for hydroxylation is 1. The van der Waals surface area contributed by atoms with Crippen LogP contribution in [-0.4, -0.2) is 30.6 Å². The van der Waals surface area contributed by atoms with Gasteiger partial charge in [-0.05, 0) is 66.8 Å². The lowest BCUT2D eigenvalue weighted by Crippen LogP contribution is -2.28. The SMILES string of the molecule is CNC(=O)c1cccc(-c2cnc(NC(=O)C3(c4ccc5c(c4)OCO5)CC3)cc2C)c1.[HH].[HH]. The van der Waals surface area contributed by atoms with E-state index < -0.39 is 5.41 Å². The van der Waals surface area contributed by atoms with E-state index in [-0.39, 0.29) is 21.5 Å². The predicted molar refractivity (Wildman–Crippen MR) is 124 cm³/mol. The van der Waals surface area contributed by atoms with E-state index in [9.17, 15) is 9.59 Å². The molecule has 2 amide bonds. The second-order valence-electron chi connectivity index (χ2n) is 8.15. The van der Waals surface area contributed by atoms with Gasteiger partial charge in [-0.3, -0.25) is 9.59 Å². The van der Waals surface area contributed by atoms with Crippen molar-refractivity contribution in [3.63, 3.8) is 0 Å². The number of fused-ring (bicyclic) bond motifs is 1. The number of rotatable bonds is 5. The van der Waals surface area contributed by atoms with E-state index in [1.807, 2.05) is 49.4 Å². The van der Waals surface area contributed by atoms with Crippen molar-refractivity contribution in [2.75, 3.05) is 19.2 Å². The van der Waals surface area contributed by atoms with Crippen molar-refractivity contribution in [2.24, 2.45) is 0 Å².